The lowest BCUT2D eigenvalue weighted by Crippen LogP contribution is -2.22. The number of rotatable bonds is 4. The lowest BCUT2D eigenvalue weighted by atomic mass is 10.0. The van der Waals surface area contributed by atoms with Gasteiger partial charge < -0.3 is 0 Å². The van der Waals surface area contributed by atoms with Gasteiger partial charge in [-0.3, -0.25) is 0 Å². The summed E-state index contributed by atoms with van der Waals surface area (Å²) in [4.78, 5) is 0. The fourth-order valence-electron chi connectivity index (χ4n) is 1.66. The van der Waals surface area contributed by atoms with E-state index in [-0.39, 0.29) is 0 Å². The van der Waals surface area contributed by atoms with E-state index in [1.807, 2.05) is 78.0 Å². The van der Waals surface area contributed by atoms with Gasteiger partial charge in [0, 0.05) is 0 Å². The summed E-state index contributed by atoms with van der Waals surface area (Å²) in [7, 11) is 0. The molecular formula is C22H32. The molecule has 0 saturated heterocycles. The molecule has 1 aromatic carbocycles. The molecule has 0 amide bonds. The highest BCUT2D eigenvalue weighted by Gasteiger charge is 1.95. The van der Waals surface area contributed by atoms with Crippen LogP contribution < -0.4 is 10.4 Å². The Bertz CT molecular complexity index is 595. The van der Waals surface area contributed by atoms with E-state index in [1.54, 1.807) is 0 Å². The third-order valence-corrected chi connectivity index (χ3v) is 2.70. The van der Waals surface area contributed by atoms with Gasteiger partial charge in [0.25, 0.3) is 0 Å². The van der Waals surface area contributed by atoms with Crippen LogP contribution >= 0.6 is 0 Å². The maximum absolute atomic E-state index is 4.04. The minimum atomic E-state index is 1.03. The molecule has 0 saturated carbocycles. The van der Waals surface area contributed by atoms with Gasteiger partial charge in [0.15, 0.2) is 0 Å². The molecule has 0 heterocycles. The van der Waals surface area contributed by atoms with Gasteiger partial charge in [-0.05, 0) is 41.5 Å². The third-order valence-electron chi connectivity index (χ3n) is 2.70. The molecule has 22 heavy (non-hydrogen) atoms. The molecule has 0 heteroatoms. The van der Waals surface area contributed by atoms with E-state index in [4.69, 9.17) is 0 Å². The van der Waals surface area contributed by atoms with Crippen LogP contribution in [0.3, 0.4) is 0 Å². The molecule has 0 aliphatic rings. The fourth-order valence-corrected chi connectivity index (χ4v) is 1.66. The van der Waals surface area contributed by atoms with E-state index in [1.165, 1.54) is 0 Å². The van der Waals surface area contributed by atoms with Crippen LogP contribution in [0.15, 0.2) is 72.4 Å². The number of hydrogen-bond donors (Lipinski definition) is 0. The first-order chi connectivity index (χ1) is 10.7. The summed E-state index contributed by atoms with van der Waals surface area (Å²) >= 11 is 0. The molecule has 0 bridgehead atoms. The molecular weight excluding hydrogens is 264 g/mol. The molecule has 0 aromatic heterocycles. The van der Waals surface area contributed by atoms with Crippen molar-refractivity contribution in [3.05, 3.63) is 82.8 Å². The number of allylic oxidation sites excluding steroid dienone is 7. The van der Waals surface area contributed by atoms with Crippen LogP contribution in [0, 0.1) is 0 Å². The lowest BCUT2D eigenvalue weighted by Gasteiger charge is -2.02. The summed E-state index contributed by atoms with van der Waals surface area (Å²) in [5.74, 6) is 0. The van der Waals surface area contributed by atoms with E-state index in [9.17, 15) is 0 Å². The van der Waals surface area contributed by atoms with Gasteiger partial charge in [0.2, 0.25) is 0 Å². The Labute approximate surface area is 137 Å². The largest absolute Gasteiger partial charge is 0.0984 e. The second kappa shape index (κ2) is 15.3. The smallest absolute Gasteiger partial charge is 0.0184 e. The van der Waals surface area contributed by atoms with E-state index < -0.39 is 0 Å². The molecule has 0 unspecified atom stereocenters. The second-order valence-corrected chi connectivity index (χ2v) is 3.94. The maximum atomic E-state index is 4.04. The van der Waals surface area contributed by atoms with Crippen LogP contribution in [-0.2, 0) is 0 Å². The van der Waals surface area contributed by atoms with Crippen molar-refractivity contribution in [3.8, 4) is 0 Å². The predicted octanol–water partition coefficient (Wildman–Crippen LogP) is 5.56. The molecule has 1 rings (SSSR count). The summed E-state index contributed by atoms with van der Waals surface area (Å²) in [5.41, 5.74) is 2.26. The van der Waals surface area contributed by atoms with Gasteiger partial charge >= 0.3 is 0 Å². The molecule has 0 fully saturated rings. The summed E-state index contributed by atoms with van der Waals surface area (Å²) in [6.45, 7) is 19.9. The average Bonchev–Trinajstić information content (AvgIpc) is 2.59. The van der Waals surface area contributed by atoms with Gasteiger partial charge in [-0.25, -0.2) is 0 Å². The van der Waals surface area contributed by atoms with Gasteiger partial charge in [0.1, 0.15) is 0 Å². The van der Waals surface area contributed by atoms with Crippen molar-refractivity contribution in [2.75, 3.05) is 0 Å². The van der Waals surface area contributed by atoms with Crippen molar-refractivity contribution in [1.82, 2.24) is 0 Å². The molecule has 0 aliphatic heterocycles. The van der Waals surface area contributed by atoms with Crippen molar-refractivity contribution >= 4 is 12.7 Å². The topological polar surface area (TPSA) is 0 Å². The lowest BCUT2D eigenvalue weighted by molar-refractivity contribution is 1.49. The van der Waals surface area contributed by atoms with Gasteiger partial charge in [-0.2, -0.15) is 0 Å². The van der Waals surface area contributed by atoms with E-state index in [0.29, 0.717) is 0 Å². The Morgan fingerprint density at radius 1 is 0.955 bits per heavy atom. The SMILES string of the molecule is C=CC(=C\C=C/C)/C(/C=c1/ccccc1=C)=C/C.CC.CC. The van der Waals surface area contributed by atoms with Crippen LogP contribution in [-0.4, -0.2) is 0 Å². The highest BCUT2D eigenvalue weighted by Crippen LogP contribution is 2.12. The molecule has 0 N–H and O–H groups in total. The zero-order valence-electron chi connectivity index (χ0n) is 15.2. The Morgan fingerprint density at radius 2 is 1.55 bits per heavy atom. The standard InChI is InChI=1S/C18H20.2C2H6/c1-5-8-12-16(6-2)17(7-3)14-18-13-10-9-11-15(18)4;2*1-2/h5-14H,2,4H2,1,3H3;2*1-2H3/b8-5-,16-12+,17-7+,18-14-;;. The van der Waals surface area contributed by atoms with Gasteiger partial charge in [0.05, 0.1) is 0 Å². The first-order valence-electron chi connectivity index (χ1n) is 8.10. The molecule has 1 aromatic rings. The van der Waals surface area contributed by atoms with E-state index >= 15 is 0 Å². The van der Waals surface area contributed by atoms with Crippen molar-refractivity contribution in [3.63, 3.8) is 0 Å². The molecule has 0 spiro atoms. The summed E-state index contributed by atoms with van der Waals surface area (Å²) in [5, 5.41) is 2.17. The molecule has 0 aliphatic carbocycles. The molecule has 0 atom stereocenters. The van der Waals surface area contributed by atoms with Crippen molar-refractivity contribution in [2.45, 2.75) is 41.5 Å². The van der Waals surface area contributed by atoms with Crippen LogP contribution in [0.4, 0.5) is 0 Å². The zero-order valence-corrected chi connectivity index (χ0v) is 15.2. The van der Waals surface area contributed by atoms with Gasteiger partial charge in [-0.15, -0.1) is 0 Å². The zero-order chi connectivity index (χ0) is 17.4. The Kier molecular flexibility index (Phi) is 15.5. The summed E-state index contributed by atoms with van der Waals surface area (Å²) < 4.78 is 0. The Morgan fingerprint density at radius 3 is 2.00 bits per heavy atom. The monoisotopic (exact) mass is 296 g/mol. The average molecular weight is 296 g/mol. The third kappa shape index (κ3) is 8.26. The highest BCUT2D eigenvalue weighted by atomic mass is 14.0. The van der Waals surface area contributed by atoms with Crippen LogP contribution in [0.2, 0.25) is 0 Å². The summed E-state index contributed by atoms with van der Waals surface area (Å²) in [6.07, 6.45) is 12.2. The van der Waals surface area contributed by atoms with Crippen LogP contribution in [0.25, 0.3) is 12.7 Å². The highest BCUT2D eigenvalue weighted by molar-refractivity contribution is 5.61. The molecule has 120 valence electrons. The Balaban J connectivity index is 0. The van der Waals surface area contributed by atoms with Crippen molar-refractivity contribution in [2.24, 2.45) is 0 Å². The minimum absolute atomic E-state index is 1.03. The fraction of sp³-hybridized carbons (Fsp3) is 0.273. The first-order valence-corrected chi connectivity index (χ1v) is 8.10. The number of hydrogen-bond acceptors (Lipinski definition) is 0. The van der Waals surface area contributed by atoms with Crippen LogP contribution in [0.1, 0.15) is 41.5 Å². The van der Waals surface area contributed by atoms with E-state index in [2.05, 4.69) is 37.5 Å². The number of benzene rings is 1. The molecule has 0 nitrogen and oxygen atoms in total. The first kappa shape index (κ1) is 22.2. The van der Waals surface area contributed by atoms with Crippen LogP contribution in [0.5, 0.6) is 0 Å². The minimum Gasteiger partial charge on any atom is -0.0984 e. The van der Waals surface area contributed by atoms with Gasteiger partial charge in [-0.1, -0.05) is 95.5 Å². The maximum Gasteiger partial charge on any atom is -0.0184 e. The second-order valence-electron chi connectivity index (χ2n) is 3.94. The van der Waals surface area contributed by atoms with E-state index in [0.717, 1.165) is 21.6 Å². The quantitative estimate of drug-likeness (QED) is 0.638. The predicted molar refractivity (Wildman–Crippen MR) is 105 cm³/mol. The van der Waals surface area contributed by atoms with Crippen molar-refractivity contribution in [1.29, 1.82) is 0 Å². The summed E-state index contributed by atoms with van der Waals surface area (Å²) in [6, 6.07) is 8.11. The molecule has 0 radical (unpaired) electrons. The normalized spacial score (nSPS) is 12.2. The van der Waals surface area contributed by atoms with Crippen molar-refractivity contribution < 1.29 is 0 Å². The Hall–Kier alpha value is -2.08.